The van der Waals surface area contributed by atoms with E-state index in [2.05, 4.69) is 0 Å². The van der Waals surface area contributed by atoms with Crippen molar-refractivity contribution in [3.8, 4) is 17.3 Å². The van der Waals surface area contributed by atoms with Crippen LogP contribution in [0.1, 0.15) is 31.0 Å². The van der Waals surface area contributed by atoms with Gasteiger partial charge in [-0.15, -0.1) is 0 Å². The minimum Gasteiger partial charge on any atom is -0.438 e. The van der Waals surface area contributed by atoms with E-state index in [-0.39, 0.29) is 25.0 Å². The number of amides is 1. The summed E-state index contributed by atoms with van der Waals surface area (Å²) in [5, 5.41) is 4.83. The lowest BCUT2D eigenvalue weighted by Crippen LogP contribution is -2.36. The van der Waals surface area contributed by atoms with Crippen LogP contribution in [0.3, 0.4) is 0 Å². The van der Waals surface area contributed by atoms with E-state index in [1.807, 2.05) is 44.2 Å². The molecular weight excluding hydrogens is 425 g/mol. The minimum absolute atomic E-state index is 0.0480. The van der Waals surface area contributed by atoms with Gasteiger partial charge in [-0.25, -0.2) is 9.07 Å². The summed E-state index contributed by atoms with van der Waals surface area (Å²) in [5.41, 5.74) is 2.33. The van der Waals surface area contributed by atoms with Gasteiger partial charge < -0.3 is 19.1 Å². The first kappa shape index (κ1) is 24.4. The molecule has 0 unspecified atom stereocenters. The van der Waals surface area contributed by atoms with Gasteiger partial charge in [0.2, 0.25) is 11.8 Å². The van der Waals surface area contributed by atoms with Crippen molar-refractivity contribution in [1.82, 2.24) is 14.7 Å². The molecule has 0 aliphatic carbocycles. The molecule has 0 spiro atoms. The van der Waals surface area contributed by atoms with Gasteiger partial charge in [0.25, 0.3) is 0 Å². The van der Waals surface area contributed by atoms with Gasteiger partial charge >= 0.3 is 0 Å². The Morgan fingerprint density at radius 1 is 1.09 bits per heavy atom. The fourth-order valence-corrected chi connectivity index (χ4v) is 3.45. The van der Waals surface area contributed by atoms with Crippen LogP contribution in [0.15, 0.2) is 54.6 Å². The van der Waals surface area contributed by atoms with Crippen LogP contribution < -0.4 is 4.74 Å². The highest BCUT2D eigenvalue weighted by atomic mass is 19.1. The normalized spacial score (nSPS) is 11.1. The Hall–Kier alpha value is -3.23. The predicted molar refractivity (Wildman–Crippen MR) is 123 cm³/mol. The molecule has 1 heterocycles. The van der Waals surface area contributed by atoms with Crippen molar-refractivity contribution in [2.75, 3.05) is 34.0 Å². The molecule has 0 fully saturated rings. The zero-order valence-electron chi connectivity index (χ0n) is 19.5. The van der Waals surface area contributed by atoms with Crippen LogP contribution in [0.2, 0.25) is 0 Å². The fourth-order valence-electron chi connectivity index (χ4n) is 3.45. The molecule has 0 aliphatic rings. The van der Waals surface area contributed by atoms with Crippen LogP contribution in [0.4, 0.5) is 4.39 Å². The summed E-state index contributed by atoms with van der Waals surface area (Å²) >= 11 is 0. The topological polar surface area (TPSA) is 65.8 Å². The number of carbonyl (C=O) groups is 1. The monoisotopic (exact) mass is 455 g/mol. The Bertz CT molecular complexity index is 1050. The second kappa shape index (κ2) is 11.6. The third-order valence-corrected chi connectivity index (χ3v) is 5.06. The van der Waals surface area contributed by atoms with Crippen molar-refractivity contribution >= 4 is 5.91 Å². The molecule has 33 heavy (non-hydrogen) atoms. The molecule has 0 N–H and O–H groups in total. The lowest BCUT2D eigenvalue weighted by molar-refractivity contribution is -0.136. The highest BCUT2D eigenvalue weighted by molar-refractivity contribution is 5.77. The van der Waals surface area contributed by atoms with Gasteiger partial charge in [0.05, 0.1) is 30.1 Å². The Kier molecular flexibility index (Phi) is 8.57. The zero-order valence-corrected chi connectivity index (χ0v) is 19.5. The third kappa shape index (κ3) is 6.18. The van der Waals surface area contributed by atoms with Gasteiger partial charge in [-0.1, -0.05) is 38.1 Å². The Balaban J connectivity index is 2.12. The van der Waals surface area contributed by atoms with Crippen molar-refractivity contribution in [3.63, 3.8) is 0 Å². The van der Waals surface area contributed by atoms with Crippen LogP contribution in [-0.2, 0) is 20.8 Å². The molecule has 0 radical (unpaired) electrons. The van der Waals surface area contributed by atoms with Crippen molar-refractivity contribution < 1.29 is 23.4 Å². The average molecular weight is 456 g/mol. The molecule has 1 aromatic heterocycles. The predicted octanol–water partition coefficient (Wildman–Crippen LogP) is 4.55. The van der Waals surface area contributed by atoms with Gasteiger partial charge in [-0.05, 0) is 30.2 Å². The zero-order chi connectivity index (χ0) is 23.8. The molecule has 8 heteroatoms. The van der Waals surface area contributed by atoms with E-state index in [1.54, 1.807) is 28.8 Å². The number of para-hydroxylation sites is 1. The van der Waals surface area contributed by atoms with E-state index in [1.165, 1.54) is 19.2 Å². The van der Waals surface area contributed by atoms with E-state index >= 15 is 0 Å². The first-order valence-electron chi connectivity index (χ1n) is 10.8. The highest BCUT2D eigenvalue weighted by Gasteiger charge is 2.26. The van der Waals surface area contributed by atoms with Gasteiger partial charge in [0.15, 0.2) is 0 Å². The van der Waals surface area contributed by atoms with Crippen molar-refractivity contribution in [2.45, 2.75) is 26.3 Å². The van der Waals surface area contributed by atoms with Crippen molar-refractivity contribution in [1.29, 1.82) is 0 Å². The summed E-state index contributed by atoms with van der Waals surface area (Å²) in [4.78, 5) is 14.4. The smallest absolute Gasteiger partial charge is 0.248 e. The minimum atomic E-state index is -0.402. The molecule has 0 saturated heterocycles. The number of ether oxygens (including phenoxy) is 3. The largest absolute Gasteiger partial charge is 0.438 e. The molecule has 176 valence electrons. The second-order valence-corrected chi connectivity index (χ2v) is 7.87. The molecular formula is C25H30FN3O4. The Morgan fingerprint density at radius 3 is 2.48 bits per heavy atom. The molecule has 3 aromatic rings. The standard InChI is InChI=1S/C25H30FN3O4/c1-18(2)24-22(16-28(13-14-31-3)23(30)17-32-4)25(33-21-12-8-9-19(26)15-21)29(27-24)20-10-6-5-7-11-20/h5-12,15,18H,13-14,16-17H2,1-4H3. The van der Waals surface area contributed by atoms with Crippen LogP contribution in [0.25, 0.3) is 5.69 Å². The van der Waals surface area contributed by atoms with E-state index in [9.17, 15) is 9.18 Å². The molecule has 7 nitrogen and oxygen atoms in total. The fraction of sp³-hybridized carbons (Fsp3) is 0.360. The van der Waals surface area contributed by atoms with E-state index in [0.29, 0.717) is 24.8 Å². The number of carbonyl (C=O) groups excluding carboxylic acids is 1. The number of methoxy groups -OCH3 is 2. The molecule has 1 amide bonds. The first-order chi connectivity index (χ1) is 15.9. The number of nitrogens with zero attached hydrogens (tertiary/aromatic N) is 3. The summed E-state index contributed by atoms with van der Waals surface area (Å²) in [6, 6.07) is 15.5. The van der Waals surface area contributed by atoms with Crippen molar-refractivity contribution in [3.05, 3.63) is 71.7 Å². The number of aromatic nitrogens is 2. The molecule has 0 atom stereocenters. The Labute approximate surface area is 193 Å². The number of hydrogen-bond donors (Lipinski definition) is 0. The summed E-state index contributed by atoms with van der Waals surface area (Å²) in [6.07, 6.45) is 0. The summed E-state index contributed by atoms with van der Waals surface area (Å²) in [5.74, 6) is 0.259. The summed E-state index contributed by atoms with van der Waals surface area (Å²) in [6.45, 7) is 5.02. The number of halogens is 1. The lowest BCUT2D eigenvalue weighted by atomic mass is 10.1. The highest BCUT2D eigenvalue weighted by Crippen LogP contribution is 2.35. The van der Waals surface area contributed by atoms with E-state index in [4.69, 9.17) is 19.3 Å². The number of rotatable bonds is 11. The van der Waals surface area contributed by atoms with Crippen LogP contribution in [0.5, 0.6) is 11.6 Å². The van der Waals surface area contributed by atoms with Crippen molar-refractivity contribution in [2.24, 2.45) is 0 Å². The molecule has 0 bridgehead atoms. The van der Waals surface area contributed by atoms with Gasteiger partial charge in [0.1, 0.15) is 18.2 Å². The van der Waals surface area contributed by atoms with Crippen LogP contribution in [-0.4, -0.2) is 54.6 Å². The maximum absolute atomic E-state index is 13.9. The van der Waals surface area contributed by atoms with Crippen LogP contribution >= 0.6 is 0 Å². The second-order valence-electron chi connectivity index (χ2n) is 7.87. The van der Waals surface area contributed by atoms with Gasteiger partial charge in [0, 0.05) is 26.8 Å². The third-order valence-electron chi connectivity index (χ3n) is 5.06. The summed E-state index contributed by atoms with van der Waals surface area (Å²) in [7, 11) is 3.07. The molecule has 0 aliphatic heterocycles. The quantitative estimate of drug-likeness (QED) is 0.424. The van der Waals surface area contributed by atoms with Gasteiger partial charge in [-0.3, -0.25) is 4.79 Å². The number of hydrogen-bond acceptors (Lipinski definition) is 5. The maximum Gasteiger partial charge on any atom is 0.248 e. The lowest BCUT2D eigenvalue weighted by Gasteiger charge is -2.23. The molecule has 3 rings (SSSR count). The maximum atomic E-state index is 13.9. The van der Waals surface area contributed by atoms with Crippen LogP contribution in [0, 0.1) is 5.82 Å². The number of benzene rings is 2. The Morgan fingerprint density at radius 2 is 1.85 bits per heavy atom. The summed E-state index contributed by atoms with van der Waals surface area (Å²) < 4.78 is 32.1. The molecule has 0 saturated carbocycles. The SMILES string of the molecule is COCCN(Cc1c(C(C)C)nn(-c2ccccc2)c1Oc1cccc(F)c1)C(=O)COC. The average Bonchev–Trinajstić information content (AvgIpc) is 3.15. The van der Waals surface area contributed by atoms with E-state index < -0.39 is 5.82 Å². The molecule has 2 aromatic carbocycles. The first-order valence-corrected chi connectivity index (χ1v) is 10.8. The van der Waals surface area contributed by atoms with Gasteiger partial charge in [-0.2, -0.15) is 5.10 Å². The van der Waals surface area contributed by atoms with E-state index in [0.717, 1.165) is 16.9 Å².